The molecular weight excluding hydrogens is 118 g/mol. The zero-order chi connectivity index (χ0) is 7.28. The van der Waals surface area contributed by atoms with Gasteiger partial charge in [-0.2, -0.15) is 0 Å². The summed E-state index contributed by atoms with van der Waals surface area (Å²) in [6.45, 7) is 4.44. The fourth-order valence-electron chi connectivity index (χ4n) is 0.463. The molecule has 0 aromatic rings. The lowest BCUT2D eigenvalue weighted by atomic mass is 10.3. The minimum atomic E-state index is -0.997. The molecule has 3 nitrogen and oxygen atoms in total. The smallest absolute Gasteiger partial charge is 0.314 e. The molecule has 0 saturated carbocycles. The van der Waals surface area contributed by atoms with Crippen molar-refractivity contribution in [1.82, 2.24) is 5.32 Å². The van der Waals surface area contributed by atoms with E-state index in [2.05, 4.69) is 5.32 Å². The van der Waals surface area contributed by atoms with Crippen LogP contribution in [0.2, 0.25) is 0 Å². The van der Waals surface area contributed by atoms with Crippen LogP contribution in [0.3, 0.4) is 0 Å². The summed E-state index contributed by atoms with van der Waals surface area (Å²) in [6.07, 6.45) is 0.0954. The number of hydrogen-bond donors (Lipinski definition) is 1. The van der Waals surface area contributed by atoms with Gasteiger partial charge in [-0.05, 0) is 0 Å². The van der Waals surface area contributed by atoms with Crippen LogP contribution < -0.4 is 5.32 Å². The summed E-state index contributed by atoms with van der Waals surface area (Å²) in [5.41, 5.74) is 0. The van der Waals surface area contributed by atoms with Gasteiger partial charge in [-0.3, -0.25) is 0 Å². The van der Waals surface area contributed by atoms with Crippen LogP contribution in [0.4, 0.5) is 0 Å². The maximum atomic E-state index is 9.83. The van der Waals surface area contributed by atoms with Gasteiger partial charge in [-0.1, -0.05) is 13.8 Å². The van der Waals surface area contributed by atoms with Crippen LogP contribution in [0.25, 0.3) is 0 Å². The molecule has 0 amide bonds. The monoisotopic (exact) mass is 130 g/mol. The standard InChI is InChI=1S/C6H12NO2/c1-5(2)7-4-3-6(8)9/h5,7H,3-4H2,1-2H3. The Bertz CT molecular complexity index is 91.1. The molecule has 0 bridgehead atoms. The Labute approximate surface area is 55.1 Å². The first-order valence-electron chi connectivity index (χ1n) is 3.06. The first-order chi connectivity index (χ1) is 4.13. The van der Waals surface area contributed by atoms with Crippen LogP contribution in [-0.2, 0) is 9.90 Å². The van der Waals surface area contributed by atoms with Gasteiger partial charge >= 0.3 is 5.97 Å². The largest absolute Gasteiger partial charge is 0.356 e. The molecule has 0 fully saturated rings. The first-order valence-corrected chi connectivity index (χ1v) is 3.06. The minimum Gasteiger partial charge on any atom is -0.314 e. The van der Waals surface area contributed by atoms with E-state index in [4.69, 9.17) is 0 Å². The lowest BCUT2D eigenvalue weighted by molar-refractivity contribution is -0.142. The van der Waals surface area contributed by atoms with E-state index in [0.29, 0.717) is 12.6 Å². The van der Waals surface area contributed by atoms with Crippen LogP contribution in [-0.4, -0.2) is 18.6 Å². The molecule has 9 heavy (non-hydrogen) atoms. The number of carbonyl (C=O) groups is 1. The summed E-state index contributed by atoms with van der Waals surface area (Å²) in [5, 5.41) is 12.8. The van der Waals surface area contributed by atoms with E-state index >= 15 is 0 Å². The van der Waals surface area contributed by atoms with Gasteiger partial charge in [0, 0.05) is 12.6 Å². The van der Waals surface area contributed by atoms with Gasteiger partial charge in [0.25, 0.3) is 0 Å². The second-order valence-electron chi connectivity index (χ2n) is 2.23. The van der Waals surface area contributed by atoms with Crippen molar-refractivity contribution in [1.29, 1.82) is 0 Å². The quantitative estimate of drug-likeness (QED) is 0.596. The van der Waals surface area contributed by atoms with Gasteiger partial charge in [-0.15, -0.1) is 0 Å². The minimum absolute atomic E-state index is 0.0954. The topological polar surface area (TPSA) is 49.0 Å². The van der Waals surface area contributed by atoms with E-state index in [1.54, 1.807) is 0 Å². The molecule has 3 heteroatoms. The number of carbonyl (C=O) groups excluding carboxylic acids is 1. The third-order valence-electron chi connectivity index (χ3n) is 0.882. The number of hydrogen-bond acceptors (Lipinski definition) is 2. The van der Waals surface area contributed by atoms with E-state index in [0.717, 1.165) is 0 Å². The highest BCUT2D eigenvalue weighted by Crippen LogP contribution is 1.79. The second kappa shape index (κ2) is 4.32. The molecule has 0 unspecified atom stereocenters. The molecular formula is C6H12NO2. The second-order valence-corrected chi connectivity index (χ2v) is 2.23. The zero-order valence-corrected chi connectivity index (χ0v) is 5.81. The normalized spacial score (nSPS) is 10.1. The summed E-state index contributed by atoms with van der Waals surface area (Å²) >= 11 is 0. The lowest BCUT2D eigenvalue weighted by Gasteiger charge is -2.03. The maximum absolute atomic E-state index is 9.83. The predicted octanol–water partition coefficient (Wildman–Crippen LogP) is 0.332. The average Bonchev–Trinajstić information content (AvgIpc) is 1.63. The van der Waals surface area contributed by atoms with Crippen molar-refractivity contribution in [3.8, 4) is 0 Å². The van der Waals surface area contributed by atoms with Crippen LogP contribution in [0, 0.1) is 0 Å². The summed E-state index contributed by atoms with van der Waals surface area (Å²) in [6, 6.07) is 0.351. The Hall–Kier alpha value is -0.570. The number of nitrogens with one attached hydrogen (secondary N) is 1. The summed E-state index contributed by atoms with van der Waals surface area (Å²) in [4.78, 5) is 9.83. The van der Waals surface area contributed by atoms with Crippen molar-refractivity contribution in [2.45, 2.75) is 26.3 Å². The summed E-state index contributed by atoms with van der Waals surface area (Å²) in [5.74, 6) is -0.997. The Kier molecular flexibility index (Phi) is 4.05. The Morgan fingerprint density at radius 3 is 2.44 bits per heavy atom. The van der Waals surface area contributed by atoms with E-state index in [1.165, 1.54) is 0 Å². The molecule has 0 spiro atoms. The van der Waals surface area contributed by atoms with Crippen LogP contribution >= 0.6 is 0 Å². The fourth-order valence-corrected chi connectivity index (χ4v) is 0.463. The molecule has 1 radical (unpaired) electrons. The SMILES string of the molecule is CC(C)NCCC([O])=O. The van der Waals surface area contributed by atoms with Crippen molar-refractivity contribution < 1.29 is 9.90 Å². The van der Waals surface area contributed by atoms with E-state index in [1.807, 2.05) is 13.8 Å². The highest BCUT2D eigenvalue weighted by atomic mass is 16.4. The predicted molar refractivity (Wildman–Crippen MR) is 33.4 cm³/mol. The van der Waals surface area contributed by atoms with Crippen LogP contribution in [0.15, 0.2) is 0 Å². The van der Waals surface area contributed by atoms with Crippen molar-refractivity contribution >= 4 is 5.97 Å². The molecule has 1 N–H and O–H groups in total. The van der Waals surface area contributed by atoms with E-state index in [9.17, 15) is 9.90 Å². The third-order valence-corrected chi connectivity index (χ3v) is 0.882. The first kappa shape index (κ1) is 8.43. The van der Waals surface area contributed by atoms with Crippen molar-refractivity contribution in [3.05, 3.63) is 0 Å². The van der Waals surface area contributed by atoms with Gasteiger partial charge in [-0.25, -0.2) is 9.90 Å². The highest BCUT2D eigenvalue weighted by Gasteiger charge is 1.98. The molecule has 0 saturated heterocycles. The van der Waals surface area contributed by atoms with E-state index < -0.39 is 5.97 Å². The molecule has 0 atom stereocenters. The van der Waals surface area contributed by atoms with Crippen molar-refractivity contribution in [3.63, 3.8) is 0 Å². The number of rotatable bonds is 4. The highest BCUT2D eigenvalue weighted by molar-refractivity contribution is 5.66. The molecule has 0 aromatic heterocycles. The summed E-state index contributed by atoms with van der Waals surface area (Å²) < 4.78 is 0. The van der Waals surface area contributed by atoms with Crippen molar-refractivity contribution in [2.75, 3.05) is 6.54 Å². The average molecular weight is 130 g/mol. The van der Waals surface area contributed by atoms with Crippen molar-refractivity contribution in [2.24, 2.45) is 0 Å². The Morgan fingerprint density at radius 2 is 2.11 bits per heavy atom. The van der Waals surface area contributed by atoms with Gasteiger partial charge in [0.05, 0.1) is 6.42 Å². The third kappa shape index (κ3) is 7.43. The van der Waals surface area contributed by atoms with Gasteiger partial charge in [0.1, 0.15) is 0 Å². The Morgan fingerprint density at radius 1 is 1.56 bits per heavy atom. The molecule has 0 aliphatic carbocycles. The molecule has 0 aromatic carbocycles. The van der Waals surface area contributed by atoms with Gasteiger partial charge in [0.2, 0.25) is 0 Å². The molecule has 0 aliphatic heterocycles. The molecule has 53 valence electrons. The lowest BCUT2D eigenvalue weighted by Crippen LogP contribution is -2.25. The van der Waals surface area contributed by atoms with Gasteiger partial charge < -0.3 is 5.32 Å². The Balaban J connectivity index is 3.01. The molecule has 0 heterocycles. The van der Waals surface area contributed by atoms with Crippen LogP contribution in [0.1, 0.15) is 20.3 Å². The van der Waals surface area contributed by atoms with E-state index in [-0.39, 0.29) is 6.42 Å². The fraction of sp³-hybridized carbons (Fsp3) is 0.833. The zero-order valence-electron chi connectivity index (χ0n) is 5.81. The molecule has 0 rings (SSSR count). The van der Waals surface area contributed by atoms with Gasteiger partial charge in [0.15, 0.2) is 0 Å². The summed E-state index contributed by atoms with van der Waals surface area (Å²) in [7, 11) is 0. The van der Waals surface area contributed by atoms with Crippen LogP contribution in [0.5, 0.6) is 0 Å². The molecule has 0 aliphatic rings. The maximum Gasteiger partial charge on any atom is 0.356 e.